The van der Waals surface area contributed by atoms with Gasteiger partial charge in [0.05, 0.1) is 16.8 Å². The van der Waals surface area contributed by atoms with E-state index < -0.39 is 6.10 Å². The number of carbonyl (C=O) groups is 1. The molecule has 0 radical (unpaired) electrons. The summed E-state index contributed by atoms with van der Waals surface area (Å²) in [6.45, 7) is 3.60. The lowest BCUT2D eigenvalue weighted by Gasteiger charge is -2.20. The van der Waals surface area contributed by atoms with E-state index in [0.717, 1.165) is 36.6 Å². The van der Waals surface area contributed by atoms with Crippen LogP contribution in [0.5, 0.6) is 0 Å². The molecular formula is C12H20N4O2S. The van der Waals surface area contributed by atoms with Gasteiger partial charge in [0.25, 0.3) is 5.91 Å². The molecule has 0 bridgehead atoms. The molecular weight excluding hydrogens is 264 g/mol. The molecule has 2 rings (SSSR count). The summed E-state index contributed by atoms with van der Waals surface area (Å²) in [5.41, 5.74) is 3.22. The van der Waals surface area contributed by atoms with Gasteiger partial charge in [0.1, 0.15) is 6.10 Å². The smallest absolute Gasteiger partial charge is 0.263 e. The van der Waals surface area contributed by atoms with Crippen LogP contribution in [0.1, 0.15) is 23.5 Å². The topological polar surface area (TPSA) is 80.5 Å². The Morgan fingerprint density at radius 2 is 2.47 bits per heavy atom. The van der Waals surface area contributed by atoms with Gasteiger partial charge in [-0.3, -0.25) is 15.1 Å². The minimum atomic E-state index is -0.398. The zero-order valence-electron chi connectivity index (χ0n) is 11.3. The van der Waals surface area contributed by atoms with Crippen LogP contribution in [0, 0.1) is 6.92 Å². The second kappa shape index (κ2) is 6.42. The third-order valence-corrected chi connectivity index (χ3v) is 3.98. The van der Waals surface area contributed by atoms with Crippen molar-refractivity contribution >= 4 is 17.2 Å². The summed E-state index contributed by atoms with van der Waals surface area (Å²) in [7, 11) is 2.04. The Morgan fingerprint density at radius 3 is 3.11 bits per heavy atom. The summed E-state index contributed by atoms with van der Waals surface area (Å²) in [5.74, 6) is 4.87. The van der Waals surface area contributed by atoms with E-state index in [0.29, 0.717) is 0 Å². The highest BCUT2D eigenvalue weighted by Gasteiger charge is 2.30. The van der Waals surface area contributed by atoms with E-state index >= 15 is 0 Å². The molecule has 2 atom stereocenters. The first-order valence-corrected chi connectivity index (χ1v) is 7.22. The van der Waals surface area contributed by atoms with E-state index in [1.54, 1.807) is 11.3 Å². The quantitative estimate of drug-likeness (QED) is 0.465. The van der Waals surface area contributed by atoms with Gasteiger partial charge in [-0.25, -0.2) is 10.8 Å². The molecule has 0 saturated carbocycles. The largest absolute Gasteiger partial charge is 0.364 e. The summed E-state index contributed by atoms with van der Waals surface area (Å²) < 4.78 is 5.68. The van der Waals surface area contributed by atoms with Gasteiger partial charge in [-0.1, -0.05) is 0 Å². The van der Waals surface area contributed by atoms with E-state index in [9.17, 15) is 4.79 Å². The Hall–Kier alpha value is -1.02. The van der Waals surface area contributed by atoms with Crippen LogP contribution in [0.4, 0.5) is 0 Å². The highest BCUT2D eigenvalue weighted by molar-refractivity contribution is 7.09. The molecule has 0 spiro atoms. The Bertz CT molecular complexity index is 437. The average molecular weight is 284 g/mol. The van der Waals surface area contributed by atoms with Crippen LogP contribution in [0.2, 0.25) is 0 Å². The van der Waals surface area contributed by atoms with Crippen LogP contribution < -0.4 is 11.3 Å². The first-order valence-electron chi connectivity index (χ1n) is 6.34. The fourth-order valence-corrected chi connectivity index (χ4v) is 2.90. The molecule has 19 heavy (non-hydrogen) atoms. The summed E-state index contributed by atoms with van der Waals surface area (Å²) >= 11 is 1.66. The molecule has 1 aliphatic rings. The van der Waals surface area contributed by atoms with E-state index in [4.69, 9.17) is 10.6 Å². The van der Waals surface area contributed by atoms with Crippen molar-refractivity contribution in [2.45, 2.75) is 38.5 Å². The standard InChI is InChI=1S/C12H20N4O2S/c1-8-14-9(7-19-8)5-16(2)6-10-3-4-11(18-10)12(17)15-13/h7,10-11H,3-6,13H2,1-2H3,(H,15,17). The molecule has 1 fully saturated rings. The number of hydrogen-bond acceptors (Lipinski definition) is 6. The number of nitrogens with zero attached hydrogens (tertiary/aromatic N) is 2. The van der Waals surface area contributed by atoms with E-state index in [1.165, 1.54) is 0 Å². The van der Waals surface area contributed by atoms with Crippen molar-refractivity contribution in [2.24, 2.45) is 5.84 Å². The van der Waals surface area contributed by atoms with Gasteiger partial charge in [-0.15, -0.1) is 11.3 Å². The number of thiazole rings is 1. The van der Waals surface area contributed by atoms with Crippen molar-refractivity contribution in [3.63, 3.8) is 0 Å². The number of aryl methyl sites for hydroxylation is 1. The minimum absolute atomic E-state index is 0.0898. The second-order valence-corrected chi connectivity index (χ2v) is 5.95. The highest BCUT2D eigenvalue weighted by Crippen LogP contribution is 2.21. The average Bonchev–Trinajstić information content (AvgIpc) is 2.98. The molecule has 2 unspecified atom stereocenters. The molecule has 0 aliphatic carbocycles. The fraction of sp³-hybridized carbons (Fsp3) is 0.667. The molecule has 6 nitrogen and oxygen atoms in total. The van der Waals surface area contributed by atoms with Crippen LogP contribution in [0.3, 0.4) is 0 Å². The number of amides is 1. The molecule has 7 heteroatoms. The van der Waals surface area contributed by atoms with Gasteiger partial charge < -0.3 is 4.74 Å². The molecule has 1 amide bonds. The van der Waals surface area contributed by atoms with Gasteiger partial charge in [0.15, 0.2) is 0 Å². The Morgan fingerprint density at radius 1 is 1.68 bits per heavy atom. The van der Waals surface area contributed by atoms with Crippen LogP contribution in [-0.4, -0.2) is 41.6 Å². The van der Waals surface area contributed by atoms with Crippen molar-refractivity contribution in [1.29, 1.82) is 0 Å². The summed E-state index contributed by atoms with van der Waals surface area (Å²) in [5, 5.41) is 3.16. The van der Waals surface area contributed by atoms with E-state index in [-0.39, 0.29) is 12.0 Å². The van der Waals surface area contributed by atoms with Gasteiger partial charge in [0.2, 0.25) is 0 Å². The zero-order valence-corrected chi connectivity index (χ0v) is 12.1. The van der Waals surface area contributed by atoms with Crippen LogP contribution in [-0.2, 0) is 16.1 Å². The van der Waals surface area contributed by atoms with Crippen molar-refractivity contribution in [2.75, 3.05) is 13.6 Å². The van der Waals surface area contributed by atoms with Gasteiger partial charge >= 0.3 is 0 Å². The Balaban J connectivity index is 1.77. The highest BCUT2D eigenvalue weighted by atomic mass is 32.1. The fourth-order valence-electron chi connectivity index (χ4n) is 2.30. The maximum absolute atomic E-state index is 11.4. The summed E-state index contributed by atoms with van der Waals surface area (Å²) in [6.07, 6.45) is 1.31. The number of rotatable bonds is 5. The lowest BCUT2D eigenvalue weighted by molar-refractivity contribution is -0.132. The number of likely N-dealkylation sites (N-methyl/N-ethyl adjacent to an activating group) is 1. The monoisotopic (exact) mass is 284 g/mol. The molecule has 1 aliphatic heterocycles. The zero-order chi connectivity index (χ0) is 13.8. The SMILES string of the molecule is Cc1nc(CN(C)CC2CCC(C(=O)NN)O2)cs1. The van der Waals surface area contributed by atoms with Gasteiger partial charge in [0, 0.05) is 18.5 Å². The summed E-state index contributed by atoms with van der Waals surface area (Å²) in [6, 6.07) is 0. The Kier molecular flexibility index (Phi) is 4.87. The van der Waals surface area contributed by atoms with Crippen molar-refractivity contribution in [3.8, 4) is 0 Å². The number of hydrazine groups is 1. The van der Waals surface area contributed by atoms with Crippen molar-refractivity contribution in [1.82, 2.24) is 15.3 Å². The van der Waals surface area contributed by atoms with Crippen molar-refractivity contribution < 1.29 is 9.53 Å². The molecule has 106 valence electrons. The molecule has 1 saturated heterocycles. The number of carbonyl (C=O) groups excluding carboxylic acids is 1. The minimum Gasteiger partial charge on any atom is -0.364 e. The van der Waals surface area contributed by atoms with E-state index in [1.807, 2.05) is 14.0 Å². The van der Waals surface area contributed by atoms with E-state index in [2.05, 4.69) is 20.7 Å². The number of nitrogens with one attached hydrogen (secondary N) is 1. The molecule has 0 aromatic carbocycles. The molecule has 3 N–H and O–H groups in total. The number of hydrogen-bond donors (Lipinski definition) is 2. The van der Waals surface area contributed by atoms with Gasteiger partial charge in [-0.05, 0) is 26.8 Å². The lowest BCUT2D eigenvalue weighted by atomic mass is 10.2. The number of ether oxygens (including phenoxy) is 1. The first kappa shape index (κ1) is 14.4. The maximum atomic E-state index is 11.4. The maximum Gasteiger partial charge on any atom is 0.263 e. The molecule has 2 heterocycles. The van der Waals surface area contributed by atoms with Crippen LogP contribution in [0.15, 0.2) is 5.38 Å². The third-order valence-electron chi connectivity index (χ3n) is 3.16. The predicted octanol–water partition coefficient (Wildman–Crippen LogP) is 0.421. The predicted molar refractivity (Wildman–Crippen MR) is 73.4 cm³/mol. The van der Waals surface area contributed by atoms with Gasteiger partial charge in [-0.2, -0.15) is 0 Å². The number of nitrogens with two attached hydrogens (primary N) is 1. The molecule has 1 aromatic heterocycles. The Labute approximate surface area is 116 Å². The number of aromatic nitrogens is 1. The van der Waals surface area contributed by atoms with Crippen molar-refractivity contribution in [3.05, 3.63) is 16.1 Å². The lowest BCUT2D eigenvalue weighted by Crippen LogP contribution is -2.39. The van der Waals surface area contributed by atoms with Crippen LogP contribution in [0.25, 0.3) is 0 Å². The molecule has 1 aromatic rings. The normalized spacial score (nSPS) is 22.9. The second-order valence-electron chi connectivity index (χ2n) is 4.89. The third kappa shape index (κ3) is 3.97. The first-order chi connectivity index (χ1) is 9.08. The van der Waals surface area contributed by atoms with Crippen LogP contribution >= 0.6 is 11.3 Å². The summed E-state index contributed by atoms with van der Waals surface area (Å²) in [4.78, 5) is 18.0.